The quantitative estimate of drug-likeness (QED) is 0.789. The molecule has 0 atom stereocenters. The van der Waals surface area contributed by atoms with E-state index in [0.717, 1.165) is 5.56 Å². The number of rotatable bonds is 7. The Labute approximate surface area is 137 Å². The standard InChI is InChI=1S/C16H17FN2O3S/c1-2-22-15(21)9-13-10-23-16(18-13)19-14(20)7-6-11-4-3-5-12(17)8-11/h3-5,8,10H,2,6-7,9H2,1H3,(H,18,19,20). The van der Waals surface area contributed by atoms with Crippen molar-refractivity contribution in [2.45, 2.75) is 26.2 Å². The van der Waals surface area contributed by atoms with E-state index in [1.54, 1.807) is 24.4 Å². The normalized spacial score (nSPS) is 10.3. The number of halogens is 1. The van der Waals surface area contributed by atoms with E-state index < -0.39 is 0 Å². The number of carbonyl (C=O) groups is 2. The third-order valence-corrected chi connectivity index (χ3v) is 3.77. The van der Waals surface area contributed by atoms with Crippen molar-refractivity contribution in [1.29, 1.82) is 0 Å². The Morgan fingerprint density at radius 2 is 2.22 bits per heavy atom. The van der Waals surface area contributed by atoms with Crippen molar-refractivity contribution in [3.05, 3.63) is 46.7 Å². The molecule has 1 heterocycles. The SMILES string of the molecule is CCOC(=O)Cc1csc(NC(=O)CCc2cccc(F)c2)n1. The fourth-order valence-electron chi connectivity index (χ4n) is 1.94. The minimum atomic E-state index is -0.346. The van der Waals surface area contributed by atoms with Gasteiger partial charge in [0, 0.05) is 11.8 Å². The molecular weight excluding hydrogens is 319 g/mol. The lowest BCUT2D eigenvalue weighted by Crippen LogP contribution is -2.12. The van der Waals surface area contributed by atoms with Gasteiger partial charge in [0.2, 0.25) is 5.91 Å². The zero-order chi connectivity index (χ0) is 16.7. The van der Waals surface area contributed by atoms with Crippen molar-refractivity contribution in [3.8, 4) is 0 Å². The number of ether oxygens (including phenoxy) is 1. The van der Waals surface area contributed by atoms with Crippen molar-refractivity contribution >= 4 is 28.3 Å². The lowest BCUT2D eigenvalue weighted by Gasteiger charge is -2.02. The van der Waals surface area contributed by atoms with Crippen molar-refractivity contribution < 1.29 is 18.7 Å². The van der Waals surface area contributed by atoms with Gasteiger partial charge in [0.15, 0.2) is 5.13 Å². The predicted octanol–water partition coefficient (Wildman–Crippen LogP) is 2.96. The molecule has 7 heteroatoms. The molecule has 0 saturated heterocycles. The van der Waals surface area contributed by atoms with Crippen LogP contribution in [0, 0.1) is 5.82 Å². The number of nitrogens with zero attached hydrogens (tertiary/aromatic N) is 1. The van der Waals surface area contributed by atoms with Gasteiger partial charge in [0.1, 0.15) is 5.82 Å². The second-order valence-electron chi connectivity index (χ2n) is 4.80. The smallest absolute Gasteiger partial charge is 0.311 e. The van der Waals surface area contributed by atoms with Crippen LogP contribution in [0.3, 0.4) is 0 Å². The first-order valence-electron chi connectivity index (χ1n) is 7.21. The van der Waals surface area contributed by atoms with Gasteiger partial charge in [-0.25, -0.2) is 9.37 Å². The highest BCUT2D eigenvalue weighted by molar-refractivity contribution is 7.13. The predicted molar refractivity (Wildman–Crippen MR) is 85.8 cm³/mol. The van der Waals surface area contributed by atoms with Crippen LogP contribution in [0.25, 0.3) is 0 Å². The Morgan fingerprint density at radius 1 is 1.39 bits per heavy atom. The molecule has 1 aromatic carbocycles. The fourth-order valence-corrected chi connectivity index (χ4v) is 2.66. The monoisotopic (exact) mass is 336 g/mol. The number of amides is 1. The summed E-state index contributed by atoms with van der Waals surface area (Å²) in [6, 6.07) is 6.17. The summed E-state index contributed by atoms with van der Waals surface area (Å²) in [6.45, 7) is 2.07. The number of esters is 1. The lowest BCUT2D eigenvalue weighted by molar-refractivity contribution is -0.142. The third kappa shape index (κ3) is 5.78. The van der Waals surface area contributed by atoms with E-state index in [2.05, 4.69) is 10.3 Å². The molecule has 0 fully saturated rings. The summed E-state index contributed by atoms with van der Waals surface area (Å²) in [5, 5.41) is 4.82. The number of benzene rings is 1. The maximum Gasteiger partial charge on any atom is 0.311 e. The molecule has 23 heavy (non-hydrogen) atoms. The van der Waals surface area contributed by atoms with Crippen LogP contribution >= 0.6 is 11.3 Å². The minimum absolute atomic E-state index is 0.0868. The van der Waals surface area contributed by atoms with Crippen molar-refractivity contribution in [2.75, 3.05) is 11.9 Å². The van der Waals surface area contributed by atoms with Crippen LogP contribution in [0.2, 0.25) is 0 Å². The molecule has 1 N–H and O–H groups in total. The highest BCUT2D eigenvalue weighted by Gasteiger charge is 2.10. The van der Waals surface area contributed by atoms with E-state index in [1.807, 2.05) is 0 Å². The Kier molecular flexibility index (Phi) is 6.22. The third-order valence-electron chi connectivity index (χ3n) is 2.96. The summed E-state index contributed by atoms with van der Waals surface area (Å²) in [4.78, 5) is 27.4. The molecule has 2 aromatic rings. The summed E-state index contributed by atoms with van der Waals surface area (Å²) in [6.07, 6.45) is 0.768. The summed E-state index contributed by atoms with van der Waals surface area (Å²) in [5.74, 6) is -0.862. The molecule has 0 saturated carbocycles. The first-order chi connectivity index (χ1) is 11.1. The Hall–Kier alpha value is -2.28. The zero-order valence-electron chi connectivity index (χ0n) is 12.7. The van der Waals surface area contributed by atoms with Crippen molar-refractivity contribution in [3.63, 3.8) is 0 Å². The summed E-state index contributed by atoms with van der Waals surface area (Å²) < 4.78 is 17.9. The van der Waals surface area contributed by atoms with Gasteiger partial charge in [-0.2, -0.15) is 0 Å². The van der Waals surface area contributed by atoms with Gasteiger partial charge in [-0.15, -0.1) is 11.3 Å². The Morgan fingerprint density at radius 3 is 2.96 bits per heavy atom. The van der Waals surface area contributed by atoms with E-state index in [1.165, 1.54) is 23.5 Å². The fraction of sp³-hybridized carbons (Fsp3) is 0.312. The van der Waals surface area contributed by atoms with Crippen molar-refractivity contribution in [1.82, 2.24) is 4.98 Å². The van der Waals surface area contributed by atoms with Crippen LogP contribution in [0.15, 0.2) is 29.6 Å². The topological polar surface area (TPSA) is 68.3 Å². The molecule has 2 rings (SSSR count). The molecule has 0 aliphatic rings. The molecule has 0 bridgehead atoms. The number of aromatic nitrogens is 1. The molecular formula is C16H17FN2O3S. The molecule has 1 amide bonds. The second kappa shape index (κ2) is 8.38. The number of hydrogen-bond donors (Lipinski definition) is 1. The number of aryl methyl sites for hydroxylation is 1. The van der Waals surface area contributed by atoms with E-state index in [0.29, 0.717) is 23.9 Å². The molecule has 0 aliphatic carbocycles. The second-order valence-corrected chi connectivity index (χ2v) is 5.66. The zero-order valence-corrected chi connectivity index (χ0v) is 13.5. The van der Waals surface area contributed by atoms with E-state index in [9.17, 15) is 14.0 Å². The van der Waals surface area contributed by atoms with Crippen LogP contribution in [-0.4, -0.2) is 23.5 Å². The Balaban J connectivity index is 1.81. The van der Waals surface area contributed by atoms with Crippen LogP contribution in [0.4, 0.5) is 9.52 Å². The van der Waals surface area contributed by atoms with E-state index in [-0.39, 0.29) is 30.5 Å². The summed E-state index contributed by atoms with van der Waals surface area (Å²) in [5.41, 5.74) is 1.33. The van der Waals surface area contributed by atoms with Gasteiger partial charge in [-0.3, -0.25) is 9.59 Å². The van der Waals surface area contributed by atoms with Crippen LogP contribution < -0.4 is 5.32 Å². The number of carbonyl (C=O) groups excluding carboxylic acids is 2. The number of anilines is 1. The average Bonchev–Trinajstić information content (AvgIpc) is 2.92. The molecule has 5 nitrogen and oxygen atoms in total. The first-order valence-corrected chi connectivity index (χ1v) is 8.09. The highest BCUT2D eigenvalue weighted by atomic mass is 32.1. The van der Waals surface area contributed by atoms with Gasteiger partial charge in [-0.05, 0) is 31.0 Å². The first kappa shape index (κ1) is 17.1. The van der Waals surface area contributed by atoms with Crippen LogP contribution in [0.5, 0.6) is 0 Å². The Bertz CT molecular complexity index is 687. The van der Waals surface area contributed by atoms with Gasteiger partial charge in [-0.1, -0.05) is 12.1 Å². The summed E-state index contributed by atoms with van der Waals surface area (Å²) >= 11 is 1.25. The summed E-state index contributed by atoms with van der Waals surface area (Å²) in [7, 11) is 0. The van der Waals surface area contributed by atoms with Gasteiger partial charge in [0.05, 0.1) is 18.7 Å². The molecule has 0 unspecified atom stereocenters. The average molecular weight is 336 g/mol. The molecule has 0 aliphatic heterocycles. The minimum Gasteiger partial charge on any atom is -0.466 e. The molecule has 0 spiro atoms. The molecule has 0 radical (unpaired) electrons. The van der Waals surface area contributed by atoms with Crippen LogP contribution in [0.1, 0.15) is 24.6 Å². The number of nitrogens with one attached hydrogen (secondary N) is 1. The maximum absolute atomic E-state index is 13.1. The lowest BCUT2D eigenvalue weighted by atomic mass is 10.1. The number of hydrogen-bond acceptors (Lipinski definition) is 5. The maximum atomic E-state index is 13.1. The van der Waals surface area contributed by atoms with Gasteiger partial charge >= 0.3 is 5.97 Å². The van der Waals surface area contributed by atoms with Gasteiger partial charge in [0.25, 0.3) is 0 Å². The van der Waals surface area contributed by atoms with Crippen LogP contribution in [-0.2, 0) is 27.2 Å². The highest BCUT2D eigenvalue weighted by Crippen LogP contribution is 2.17. The molecule has 1 aromatic heterocycles. The van der Waals surface area contributed by atoms with Gasteiger partial charge < -0.3 is 10.1 Å². The largest absolute Gasteiger partial charge is 0.466 e. The number of thiazole rings is 1. The van der Waals surface area contributed by atoms with E-state index in [4.69, 9.17) is 4.74 Å². The van der Waals surface area contributed by atoms with Crippen molar-refractivity contribution in [2.24, 2.45) is 0 Å². The molecule has 122 valence electrons. The van der Waals surface area contributed by atoms with E-state index >= 15 is 0 Å².